The van der Waals surface area contributed by atoms with Gasteiger partial charge in [0.15, 0.2) is 0 Å². The summed E-state index contributed by atoms with van der Waals surface area (Å²) in [4.78, 5) is 4.86. The zero-order valence-electron chi connectivity index (χ0n) is 10.2. The Morgan fingerprint density at radius 2 is 1.82 bits per heavy atom. The number of aryl methyl sites for hydroxylation is 1. The van der Waals surface area contributed by atoms with Crippen LogP contribution in [-0.4, -0.2) is 0 Å². The van der Waals surface area contributed by atoms with Crippen molar-refractivity contribution in [2.75, 3.05) is 0 Å². The lowest BCUT2D eigenvalue weighted by Crippen LogP contribution is -2.05. The van der Waals surface area contributed by atoms with Gasteiger partial charge < -0.3 is 0 Å². The molecule has 0 saturated carbocycles. The van der Waals surface area contributed by atoms with Crippen LogP contribution in [0.4, 0.5) is 0 Å². The lowest BCUT2D eigenvalue weighted by atomic mass is 9.98. The minimum absolute atomic E-state index is 0.0843. The van der Waals surface area contributed by atoms with Crippen molar-refractivity contribution in [2.24, 2.45) is 5.90 Å². The van der Waals surface area contributed by atoms with Crippen molar-refractivity contribution in [1.82, 2.24) is 0 Å². The van der Waals surface area contributed by atoms with Crippen LogP contribution in [0.2, 0.25) is 0 Å². The number of nitrogens with two attached hydrogens (primary N) is 1. The number of benzene rings is 2. The first kappa shape index (κ1) is 11.8. The highest BCUT2D eigenvalue weighted by Gasteiger charge is 2.06. The van der Waals surface area contributed by atoms with Crippen molar-refractivity contribution in [1.29, 1.82) is 0 Å². The summed E-state index contributed by atoms with van der Waals surface area (Å²) in [7, 11) is 0. The van der Waals surface area contributed by atoms with Crippen LogP contribution in [0.1, 0.15) is 24.2 Å². The van der Waals surface area contributed by atoms with E-state index in [1.165, 1.54) is 16.7 Å². The minimum atomic E-state index is -0.0843. The highest BCUT2D eigenvalue weighted by molar-refractivity contribution is 5.67. The molecule has 2 aromatic carbocycles. The summed E-state index contributed by atoms with van der Waals surface area (Å²) in [6.45, 7) is 4.06. The molecule has 0 aromatic heterocycles. The van der Waals surface area contributed by atoms with Crippen LogP contribution in [0.5, 0.6) is 0 Å². The van der Waals surface area contributed by atoms with E-state index in [1.807, 2.05) is 25.1 Å². The van der Waals surface area contributed by atoms with Crippen LogP contribution in [0.3, 0.4) is 0 Å². The van der Waals surface area contributed by atoms with E-state index in [-0.39, 0.29) is 6.10 Å². The Morgan fingerprint density at radius 3 is 2.53 bits per heavy atom. The Hall–Kier alpha value is -1.64. The standard InChI is InChI=1S/C15H17NO/c1-11-6-3-4-9-15(11)14-8-5-7-13(10-14)12(2)17-16/h3-10,12H,16H2,1-2H3. The van der Waals surface area contributed by atoms with E-state index in [2.05, 4.69) is 37.3 Å². The van der Waals surface area contributed by atoms with E-state index in [0.717, 1.165) is 5.56 Å². The SMILES string of the molecule is Cc1ccccc1-c1cccc(C(C)ON)c1. The lowest BCUT2D eigenvalue weighted by molar-refractivity contribution is 0.0664. The predicted octanol–water partition coefficient (Wildman–Crippen LogP) is 3.61. The highest BCUT2D eigenvalue weighted by atomic mass is 16.6. The third-order valence-electron chi connectivity index (χ3n) is 3.02. The van der Waals surface area contributed by atoms with Crippen LogP contribution in [-0.2, 0) is 4.84 Å². The van der Waals surface area contributed by atoms with E-state index >= 15 is 0 Å². The van der Waals surface area contributed by atoms with Gasteiger partial charge in [-0.25, -0.2) is 5.90 Å². The zero-order valence-corrected chi connectivity index (χ0v) is 10.2. The van der Waals surface area contributed by atoms with Crippen LogP contribution < -0.4 is 5.90 Å². The third kappa shape index (κ3) is 2.54. The predicted molar refractivity (Wildman–Crippen MR) is 70.3 cm³/mol. The second-order valence-corrected chi connectivity index (χ2v) is 4.22. The molecule has 0 heterocycles. The first-order chi connectivity index (χ1) is 8.22. The van der Waals surface area contributed by atoms with Crippen LogP contribution in [0, 0.1) is 6.92 Å². The van der Waals surface area contributed by atoms with Gasteiger partial charge in [-0.1, -0.05) is 42.5 Å². The van der Waals surface area contributed by atoms with Crippen molar-refractivity contribution in [2.45, 2.75) is 20.0 Å². The Bertz CT molecular complexity index is 508. The maximum atomic E-state index is 5.22. The molecule has 0 bridgehead atoms. The molecule has 1 atom stereocenters. The van der Waals surface area contributed by atoms with E-state index < -0.39 is 0 Å². The van der Waals surface area contributed by atoms with Gasteiger partial charge in [-0.05, 0) is 42.2 Å². The molecular formula is C15H17NO. The zero-order chi connectivity index (χ0) is 12.3. The summed E-state index contributed by atoms with van der Waals surface area (Å²) in [5.74, 6) is 5.22. The Kier molecular flexibility index (Phi) is 3.57. The van der Waals surface area contributed by atoms with E-state index in [0.29, 0.717) is 0 Å². The summed E-state index contributed by atoms with van der Waals surface area (Å²) in [6.07, 6.45) is -0.0843. The van der Waals surface area contributed by atoms with Gasteiger partial charge in [0.2, 0.25) is 0 Å². The fourth-order valence-corrected chi connectivity index (χ4v) is 1.93. The van der Waals surface area contributed by atoms with E-state index in [9.17, 15) is 0 Å². The molecule has 1 unspecified atom stereocenters. The quantitative estimate of drug-likeness (QED) is 0.813. The summed E-state index contributed by atoms with van der Waals surface area (Å²) < 4.78 is 0. The normalized spacial score (nSPS) is 12.4. The molecule has 0 radical (unpaired) electrons. The fourth-order valence-electron chi connectivity index (χ4n) is 1.93. The van der Waals surface area contributed by atoms with Gasteiger partial charge in [-0.3, -0.25) is 4.84 Å². The molecule has 2 N–H and O–H groups in total. The minimum Gasteiger partial charge on any atom is -0.297 e. The number of hydrogen-bond acceptors (Lipinski definition) is 2. The van der Waals surface area contributed by atoms with Crippen molar-refractivity contribution < 1.29 is 4.84 Å². The third-order valence-corrected chi connectivity index (χ3v) is 3.02. The van der Waals surface area contributed by atoms with Crippen molar-refractivity contribution in [3.05, 3.63) is 59.7 Å². The molecule has 0 amide bonds. The van der Waals surface area contributed by atoms with Crippen molar-refractivity contribution in [3.63, 3.8) is 0 Å². The molecule has 2 nitrogen and oxygen atoms in total. The smallest absolute Gasteiger partial charge is 0.101 e. The first-order valence-corrected chi connectivity index (χ1v) is 5.74. The highest BCUT2D eigenvalue weighted by Crippen LogP contribution is 2.26. The van der Waals surface area contributed by atoms with Gasteiger partial charge in [0.1, 0.15) is 6.10 Å². The van der Waals surface area contributed by atoms with Gasteiger partial charge >= 0.3 is 0 Å². The summed E-state index contributed by atoms with van der Waals surface area (Å²) in [5.41, 5.74) is 4.81. The maximum Gasteiger partial charge on any atom is 0.101 e. The monoisotopic (exact) mass is 227 g/mol. The molecule has 88 valence electrons. The molecule has 2 heteroatoms. The van der Waals surface area contributed by atoms with E-state index in [1.54, 1.807) is 0 Å². The second-order valence-electron chi connectivity index (χ2n) is 4.22. The maximum absolute atomic E-state index is 5.22. The first-order valence-electron chi connectivity index (χ1n) is 5.74. The number of rotatable bonds is 3. The van der Waals surface area contributed by atoms with Crippen molar-refractivity contribution >= 4 is 0 Å². The summed E-state index contributed by atoms with van der Waals surface area (Å²) >= 11 is 0. The Morgan fingerprint density at radius 1 is 1.06 bits per heavy atom. The topological polar surface area (TPSA) is 35.2 Å². The lowest BCUT2D eigenvalue weighted by Gasteiger charge is -2.12. The van der Waals surface area contributed by atoms with E-state index in [4.69, 9.17) is 10.7 Å². The molecule has 2 rings (SSSR count). The largest absolute Gasteiger partial charge is 0.297 e. The molecule has 0 fully saturated rings. The second kappa shape index (κ2) is 5.13. The molecule has 0 aliphatic rings. The molecule has 0 aliphatic heterocycles. The molecule has 17 heavy (non-hydrogen) atoms. The Labute approximate surface area is 102 Å². The molecule has 0 spiro atoms. The average Bonchev–Trinajstić information content (AvgIpc) is 2.38. The number of hydrogen-bond donors (Lipinski definition) is 1. The summed E-state index contributed by atoms with van der Waals surface area (Å²) in [6, 6.07) is 16.6. The van der Waals surface area contributed by atoms with Crippen molar-refractivity contribution in [3.8, 4) is 11.1 Å². The van der Waals surface area contributed by atoms with Gasteiger partial charge in [-0.2, -0.15) is 0 Å². The van der Waals surface area contributed by atoms with Gasteiger partial charge in [0, 0.05) is 0 Å². The van der Waals surface area contributed by atoms with Crippen LogP contribution >= 0.6 is 0 Å². The average molecular weight is 227 g/mol. The molecular weight excluding hydrogens is 210 g/mol. The van der Waals surface area contributed by atoms with Gasteiger partial charge in [0.25, 0.3) is 0 Å². The van der Waals surface area contributed by atoms with Gasteiger partial charge in [0.05, 0.1) is 0 Å². The fraction of sp³-hybridized carbons (Fsp3) is 0.200. The molecule has 0 aliphatic carbocycles. The van der Waals surface area contributed by atoms with Crippen LogP contribution in [0.15, 0.2) is 48.5 Å². The Balaban J connectivity index is 2.43. The molecule has 0 saturated heterocycles. The molecule has 2 aromatic rings. The summed E-state index contributed by atoms with van der Waals surface area (Å²) in [5, 5.41) is 0. The van der Waals surface area contributed by atoms with Gasteiger partial charge in [-0.15, -0.1) is 0 Å². The van der Waals surface area contributed by atoms with Crippen LogP contribution in [0.25, 0.3) is 11.1 Å².